The summed E-state index contributed by atoms with van der Waals surface area (Å²) in [5.74, 6) is 0.764. The van der Waals surface area contributed by atoms with E-state index in [4.69, 9.17) is 9.84 Å². The van der Waals surface area contributed by atoms with Crippen LogP contribution in [0.2, 0.25) is 0 Å². The zero-order valence-corrected chi connectivity index (χ0v) is 14.1. The van der Waals surface area contributed by atoms with Crippen LogP contribution in [0.15, 0.2) is 54.6 Å². The predicted octanol–water partition coefficient (Wildman–Crippen LogP) is 3.31. The van der Waals surface area contributed by atoms with E-state index in [0.717, 1.165) is 16.9 Å². The summed E-state index contributed by atoms with van der Waals surface area (Å²) in [6.45, 7) is 1.20. The van der Waals surface area contributed by atoms with Crippen LogP contribution in [-0.2, 0) is 13.0 Å². The Morgan fingerprint density at radius 3 is 2.36 bits per heavy atom. The van der Waals surface area contributed by atoms with Crippen molar-refractivity contribution in [3.63, 3.8) is 0 Å². The van der Waals surface area contributed by atoms with Crippen LogP contribution in [0, 0.1) is 0 Å². The molecule has 0 aliphatic carbocycles. The van der Waals surface area contributed by atoms with Crippen molar-refractivity contribution in [2.45, 2.75) is 31.5 Å². The molecule has 1 fully saturated rings. The van der Waals surface area contributed by atoms with Gasteiger partial charge < -0.3 is 19.8 Å². The fourth-order valence-corrected chi connectivity index (χ4v) is 3.17. The van der Waals surface area contributed by atoms with Gasteiger partial charge in [-0.15, -0.1) is 0 Å². The quantitative estimate of drug-likeness (QED) is 0.875. The highest BCUT2D eigenvalue weighted by Crippen LogP contribution is 2.30. The van der Waals surface area contributed by atoms with Crippen LogP contribution in [0.25, 0.3) is 0 Å². The fourth-order valence-electron chi connectivity index (χ4n) is 3.17. The second-order valence-electron chi connectivity index (χ2n) is 6.55. The topological polar surface area (TPSA) is 70.0 Å². The normalized spacial score (nSPS) is 16.4. The Hall–Kier alpha value is -2.53. The van der Waals surface area contributed by atoms with Gasteiger partial charge in [0.05, 0.1) is 5.60 Å². The molecule has 1 heterocycles. The van der Waals surface area contributed by atoms with Crippen LogP contribution < -0.4 is 4.74 Å². The van der Waals surface area contributed by atoms with Crippen LogP contribution in [0.1, 0.15) is 24.0 Å². The van der Waals surface area contributed by atoms with Crippen molar-refractivity contribution < 1.29 is 19.7 Å². The van der Waals surface area contributed by atoms with Gasteiger partial charge in [0.25, 0.3) is 0 Å². The van der Waals surface area contributed by atoms with Gasteiger partial charge in [-0.25, -0.2) is 4.79 Å². The number of carbonyl (C=O) groups is 1. The van der Waals surface area contributed by atoms with Gasteiger partial charge in [0.2, 0.25) is 0 Å². The summed E-state index contributed by atoms with van der Waals surface area (Å²) in [6.07, 6.45) is 0.415. The molecular weight excluding hydrogens is 318 g/mol. The molecule has 2 N–H and O–H groups in total. The molecule has 0 aromatic heterocycles. The maximum absolute atomic E-state index is 11.0. The third kappa shape index (κ3) is 4.51. The number of benzene rings is 2. The van der Waals surface area contributed by atoms with E-state index in [1.165, 1.54) is 4.90 Å². The highest BCUT2D eigenvalue weighted by Gasteiger charge is 2.34. The standard InChI is InChI=1S/C20H23NO4/c22-19(23)21-12-10-20(24,11-13-21)14-17-8-4-5-9-18(17)25-15-16-6-2-1-3-7-16/h1-9,24H,10-15H2,(H,22,23). The number of piperidine rings is 1. The van der Waals surface area contributed by atoms with Crippen LogP contribution in [0.3, 0.4) is 0 Å². The Morgan fingerprint density at radius 2 is 1.68 bits per heavy atom. The molecule has 1 saturated heterocycles. The Balaban J connectivity index is 1.66. The van der Waals surface area contributed by atoms with Crippen molar-refractivity contribution in [3.05, 3.63) is 65.7 Å². The Morgan fingerprint density at radius 1 is 1.04 bits per heavy atom. The molecule has 0 spiro atoms. The van der Waals surface area contributed by atoms with Crippen molar-refractivity contribution in [1.82, 2.24) is 4.90 Å². The number of likely N-dealkylation sites (tertiary alicyclic amines) is 1. The molecule has 1 amide bonds. The van der Waals surface area contributed by atoms with Crippen molar-refractivity contribution in [2.75, 3.05) is 13.1 Å². The van der Waals surface area contributed by atoms with Crippen molar-refractivity contribution in [1.29, 1.82) is 0 Å². The minimum Gasteiger partial charge on any atom is -0.489 e. The van der Waals surface area contributed by atoms with E-state index in [9.17, 15) is 9.90 Å². The molecule has 0 atom stereocenters. The zero-order chi connectivity index (χ0) is 17.7. The molecule has 2 aromatic rings. The first-order valence-corrected chi connectivity index (χ1v) is 8.51. The van der Waals surface area contributed by atoms with Gasteiger partial charge in [0.1, 0.15) is 12.4 Å². The van der Waals surface area contributed by atoms with E-state index >= 15 is 0 Å². The lowest BCUT2D eigenvalue weighted by Crippen LogP contribution is -2.47. The molecule has 132 valence electrons. The number of hydrogen-bond acceptors (Lipinski definition) is 3. The lowest BCUT2D eigenvalue weighted by Gasteiger charge is -2.37. The number of para-hydroxylation sites is 1. The van der Waals surface area contributed by atoms with E-state index in [-0.39, 0.29) is 0 Å². The summed E-state index contributed by atoms with van der Waals surface area (Å²) in [6, 6.07) is 17.7. The molecule has 0 radical (unpaired) electrons. The number of amides is 1. The lowest BCUT2D eigenvalue weighted by atomic mass is 9.85. The maximum atomic E-state index is 11.0. The SMILES string of the molecule is O=C(O)N1CCC(O)(Cc2ccccc2OCc2ccccc2)CC1. The van der Waals surface area contributed by atoms with Gasteiger partial charge in [0.15, 0.2) is 0 Å². The smallest absolute Gasteiger partial charge is 0.407 e. The van der Waals surface area contributed by atoms with Crippen LogP contribution in [-0.4, -0.2) is 39.9 Å². The molecule has 5 heteroatoms. The zero-order valence-electron chi connectivity index (χ0n) is 14.1. The molecule has 1 aliphatic heterocycles. The van der Waals surface area contributed by atoms with Crippen LogP contribution in [0.4, 0.5) is 4.79 Å². The van der Waals surface area contributed by atoms with Gasteiger partial charge in [-0.1, -0.05) is 48.5 Å². The molecule has 2 aromatic carbocycles. The van der Waals surface area contributed by atoms with Gasteiger partial charge >= 0.3 is 6.09 Å². The molecule has 0 saturated carbocycles. The monoisotopic (exact) mass is 341 g/mol. The number of nitrogens with zero attached hydrogens (tertiary/aromatic N) is 1. The Bertz CT molecular complexity index is 709. The third-order valence-corrected chi connectivity index (χ3v) is 4.69. The molecule has 1 aliphatic rings. The van der Waals surface area contributed by atoms with Crippen LogP contribution in [0.5, 0.6) is 5.75 Å². The highest BCUT2D eigenvalue weighted by molar-refractivity contribution is 5.65. The number of aliphatic hydroxyl groups is 1. The number of rotatable bonds is 5. The van der Waals surface area contributed by atoms with E-state index in [1.54, 1.807) is 0 Å². The average Bonchev–Trinajstić information content (AvgIpc) is 2.62. The van der Waals surface area contributed by atoms with E-state index in [0.29, 0.717) is 39.0 Å². The average molecular weight is 341 g/mol. The lowest BCUT2D eigenvalue weighted by molar-refractivity contribution is -0.0166. The molecule has 0 bridgehead atoms. The van der Waals surface area contributed by atoms with E-state index in [2.05, 4.69) is 0 Å². The van der Waals surface area contributed by atoms with Crippen molar-refractivity contribution >= 4 is 6.09 Å². The summed E-state index contributed by atoms with van der Waals surface area (Å²) < 4.78 is 5.95. The Labute approximate surface area is 147 Å². The number of hydrogen-bond donors (Lipinski definition) is 2. The molecular formula is C20H23NO4. The Kier molecular flexibility index (Phi) is 5.24. The predicted molar refractivity (Wildman–Crippen MR) is 94.7 cm³/mol. The minimum absolute atomic E-state index is 0.360. The van der Waals surface area contributed by atoms with Gasteiger partial charge in [-0.3, -0.25) is 0 Å². The molecule has 3 rings (SSSR count). The van der Waals surface area contributed by atoms with Gasteiger partial charge in [-0.2, -0.15) is 0 Å². The number of ether oxygens (including phenoxy) is 1. The van der Waals surface area contributed by atoms with E-state index in [1.807, 2.05) is 54.6 Å². The molecule has 5 nitrogen and oxygen atoms in total. The first kappa shape index (κ1) is 17.3. The third-order valence-electron chi connectivity index (χ3n) is 4.69. The second kappa shape index (κ2) is 7.57. The summed E-state index contributed by atoms with van der Waals surface area (Å²) in [5.41, 5.74) is 1.15. The summed E-state index contributed by atoms with van der Waals surface area (Å²) in [4.78, 5) is 12.4. The first-order chi connectivity index (χ1) is 12.1. The van der Waals surface area contributed by atoms with Crippen molar-refractivity contribution in [2.24, 2.45) is 0 Å². The van der Waals surface area contributed by atoms with E-state index < -0.39 is 11.7 Å². The van der Waals surface area contributed by atoms with Gasteiger partial charge in [0, 0.05) is 19.5 Å². The fraction of sp³-hybridized carbons (Fsp3) is 0.350. The second-order valence-corrected chi connectivity index (χ2v) is 6.55. The van der Waals surface area contributed by atoms with Crippen molar-refractivity contribution in [3.8, 4) is 5.75 Å². The summed E-state index contributed by atoms with van der Waals surface area (Å²) in [7, 11) is 0. The molecule has 0 unspecified atom stereocenters. The maximum Gasteiger partial charge on any atom is 0.407 e. The number of carboxylic acid groups (broad SMARTS) is 1. The van der Waals surface area contributed by atoms with Crippen LogP contribution >= 0.6 is 0 Å². The first-order valence-electron chi connectivity index (χ1n) is 8.51. The summed E-state index contributed by atoms with van der Waals surface area (Å²) in [5, 5.41) is 19.9. The molecule has 25 heavy (non-hydrogen) atoms. The highest BCUT2D eigenvalue weighted by atomic mass is 16.5. The minimum atomic E-state index is -0.923. The largest absolute Gasteiger partial charge is 0.489 e. The summed E-state index contributed by atoms with van der Waals surface area (Å²) >= 11 is 0. The van der Waals surface area contributed by atoms with Gasteiger partial charge in [-0.05, 0) is 30.0 Å².